The van der Waals surface area contributed by atoms with Crippen molar-refractivity contribution in [2.45, 2.75) is 149 Å². The van der Waals surface area contributed by atoms with E-state index in [9.17, 15) is 50.8 Å². The van der Waals surface area contributed by atoms with E-state index >= 15 is 0 Å². The van der Waals surface area contributed by atoms with Gasteiger partial charge in [-0.1, -0.05) is 72.3 Å². The van der Waals surface area contributed by atoms with Crippen LogP contribution in [0, 0.1) is 29.6 Å². The standard InChI is InChI=1S/C40H70O14/c1-11-20(2)12-21(3)13-26(8)38(54-40-37(50)36(49)35(48)31(18-42)53-40)27(9)15-24(6)32(45)22(4)14-23(5)33(46)25(7)16-28(10)39(51)52-19-30(44)34(47)29(43)17-41/h13-16,20-22,25,27,29-38,40-50H,11-12,17-19H2,1-10H3/b23-14+,24-15+,26-13+,28-16+/t20?,21?,22?,25?,27?,29-,30-,31-,32?,33?,34-,35-,36+,37+,38?,40+/m1/s1. The van der Waals surface area contributed by atoms with Gasteiger partial charge in [-0.05, 0) is 62.7 Å². The molecule has 1 rings (SSSR count). The number of hydrogen-bond acceptors (Lipinski definition) is 14. The Bertz CT molecular complexity index is 1250. The van der Waals surface area contributed by atoms with E-state index < -0.39 is 105 Å². The van der Waals surface area contributed by atoms with E-state index in [0.717, 1.165) is 18.4 Å². The Kier molecular flexibility index (Phi) is 22.1. The quantitative estimate of drug-likeness (QED) is 0.0423. The van der Waals surface area contributed by atoms with Crippen LogP contribution in [0.25, 0.3) is 0 Å². The van der Waals surface area contributed by atoms with Crippen LogP contribution in [-0.4, -0.2) is 144 Å². The van der Waals surface area contributed by atoms with E-state index in [-0.39, 0.29) is 17.4 Å². The molecule has 0 bridgehead atoms. The van der Waals surface area contributed by atoms with Gasteiger partial charge < -0.3 is 65.3 Å². The molecule has 0 aromatic rings. The Morgan fingerprint density at radius 2 is 1.26 bits per heavy atom. The Balaban J connectivity index is 3.18. The minimum atomic E-state index is -1.71. The molecule has 0 aliphatic carbocycles. The lowest BCUT2D eigenvalue weighted by Gasteiger charge is -2.41. The highest BCUT2D eigenvalue weighted by Gasteiger charge is 2.45. The summed E-state index contributed by atoms with van der Waals surface area (Å²) in [6.45, 7) is 16.7. The summed E-state index contributed by atoms with van der Waals surface area (Å²) in [6, 6.07) is 0. The van der Waals surface area contributed by atoms with Crippen LogP contribution in [-0.2, 0) is 19.0 Å². The monoisotopic (exact) mass is 774 g/mol. The average Bonchev–Trinajstić information content (AvgIpc) is 3.13. The molecule has 1 fully saturated rings. The number of ether oxygens (including phenoxy) is 3. The van der Waals surface area contributed by atoms with Crippen LogP contribution in [0.15, 0.2) is 46.6 Å². The first kappa shape index (κ1) is 50.0. The largest absolute Gasteiger partial charge is 0.459 e. The Morgan fingerprint density at radius 3 is 1.78 bits per heavy atom. The van der Waals surface area contributed by atoms with Gasteiger partial charge >= 0.3 is 5.97 Å². The van der Waals surface area contributed by atoms with Crippen LogP contribution in [0.5, 0.6) is 0 Å². The maximum Gasteiger partial charge on any atom is 0.333 e. The SMILES string of the molecule is CCC(C)CC(C)/C=C(\C)C(O[C@@H]1O[C@H](CO)[C@@H](O)[C@H](O)[C@@H]1O)C(C)/C=C(\C)C(O)C(C)/C=C(\C)C(O)C(C)/C=C(\C)C(=O)OC[C@@H](O)[C@H](O)[C@H](O)CO. The first-order chi connectivity index (χ1) is 25.1. The van der Waals surface area contributed by atoms with Crippen molar-refractivity contribution in [3.8, 4) is 0 Å². The summed E-state index contributed by atoms with van der Waals surface area (Å²) in [5, 5.41) is 102. The third-order valence-electron chi connectivity index (χ3n) is 10.3. The predicted octanol–water partition coefficient (Wildman–Crippen LogP) is 1.28. The summed E-state index contributed by atoms with van der Waals surface area (Å²) in [4.78, 5) is 12.5. The maximum absolute atomic E-state index is 12.5. The lowest BCUT2D eigenvalue weighted by molar-refractivity contribution is -0.310. The molecule has 14 nitrogen and oxygen atoms in total. The Labute approximate surface area is 321 Å². The molecule has 314 valence electrons. The molecular weight excluding hydrogens is 704 g/mol. The van der Waals surface area contributed by atoms with Crippen LogP contribution in [0.4, 0.5) is 0 Å². The van der Waals surface area contributed by atoms with Crippen LogP contribution in [0.1, 0.15) is 82.1 Å². The molecule has 1 heterocycles. The lowest BCUT2D eigenvalue weighted by Crippen LogP contribution is -2.60. The van der Waals surface area contributed by atoms with Crippen molar-refractivity contribution >= 4 is 5.97 Å². The van der Waals surface area contributed by atoms with Gasteiger partial charge in [-0.15, -0.1) is 0 Å². The van der Waals surface area contributed by atoms with Crippen LogP contribution >= 0.6 is 0 Å². The van der Waals surface area contributed by atoms with E-state index in [1.807, 2.05) is 19.9 Å². The molecule has 14 heteroatoms. The molecule has 16 atom stereocenters. The zero-order valence-corrected chi connectivity index (χ0v) is 33.7. The van der Waals surface area contributed by atoms with Crippen LogP contribution in [0.3, 0.4) is 0 Å². The third kappa shape index (κ3) is 15.1. The zero-order valence-electron chi connectivity index (χ0n) is 33.7. The molecule has 1 aliphatic heterocycles. The lowest BCUT2D eigenvalue weighted by atomic mass is 9.87. The van der Waals surface area contributed by atoms with E-state index in [4.69, 9.17) is 19.3 Å². The smallest absolute Gasteiger partial charge is 0.333 e. The van der Waals surface area contributed by atoms with Gasteiger partial charge in [-0.2, -0.15) is 0 Å². The molecule has 54 heavy (non-hydrogen) atoms. The van der Waals surface area contributed by atoms with Crippen molar-refractivity contribution in [3.05, 3.63) is 46.6 Å². The van der Waals surface area contributed by atoms with Gasteiger partial charge in [0.25, 0.3) is 0 Å². The third-order valence-corrected chi connectivity index (χ3v) is 10.3. The summed E-state index contributed by atoms with van der Waals surface area (Å²) < 4.78 is 17.0. The average molecular weight is 775 g/mol. The van der Waals surface area contributed by atoms with E-state index in [1.165, 1.54) is 13.0 Å². The van der Waals surface area contributed by atoms with Crippen molar-refractivity contribution < 1.29 is 70.1 Å². The number of hydrogen-bond donors (Lipinski definition) is 10. The predicted molar refractivity (Wildman–Crippen MR) is 202 cm³/mol. The number of rotatable bonds is 22. The Morgan fingerprint density at radius 1 is 0.722 bits per heavy atom. The molecule has 1 aliphatic rings. The van der Waals surface area contributed by atoms with Gasteiger partial charge in [0.2, 0.25) is 0 Å². The molecule has 0 spiro atoms. The van der Waals surface area contributed by atoms with Crippen molar-refractivity contribution in [2.75, 3.05) is 19.8 Å². The number of carbonyl (C=O) groups excluding carboxylic acids is 1. The molecular formula is C40H70O14. The van der Waals surface area contributed by atoms with Crippen molar-refractivity contribution in [1.82, 2.24) is 0 Å². The fourth-order valence-electron chi connectivity index (χ4n) is 6.71. The molecule has 0 aromatic carbocycles. The highest BCUT2D eigenvalue weighted by molar-refractivity contribution is 5.87. The van der Waals surface area contributed by atoms with E-state index in [1.54, 1.807) is 33.8 Å². The minimum Gasteiger partial charge on any atom is -0.459 e. The number of allylic oxidation sites excluding steroid dienone is 1. The van der Waals surface area contributed by atoms with Gasteiger partial charge in [0, 0.05) is 23.3 Å². The highest BCUT2D eigenvalue weighted by atomic mass is 16.7. The minimum absolute atomic E-state index is 0.138. The molecule has 0 aromatic heterocycles. The second-order valence-electron chi connectivity index (χ2n) is 15.4. The molecule has 10 N–H and O–H groups in total. The van der Waals surface area contributed by atoms with Gasteiger partial charge in [-0.3, -0.25) is 0 Å². The normalized spacial score (nSPS) is 28.3. The molecule has 0 radical (unpaired) electrons. The molecule has 0 saturated carbocycles. The first-order valence-corrected chi connectivity index (χ1v) is 19.0. The first-order valence-electron chi connectivity index (χ1n) is 19.0. The van der Waals surface area contributed by atoms with Crippen molar-refractivity contribution in [1.29, 1.82) is 0 Å². The summed E-state index contributed by atoms with van der Waals surface area (Å²) in [7, 11) is 0. The second-order valence-corrected chi connectivity index (χ2v) is 15.4. The topological polar surface area (TPSA) is 247 Å². The Hall–Kier alpha value is -2.05. The number of esters is 1. The van der Waals surface area contributed by atoms with Gasteiger partial charge in [0.15, 0.2) is 6.29 Å². The summed E-state index contributed by atoms with van der Waals surface area (Å²) in [5.41, 5.74) is 2.14. The van der Waals surface area contributed by atoms with Crippen molar-refractivity contribution in [2.24, 2.45) is 29.6 Å². The number of aliphatic hydroxyl groups excluding tert-OH is 10. The molecule has 8 unspecified atom stereocenters. The summed E-state index contributed by atoms with van der Waals surface area (Å²) >= 11 is 0. The van der Waals surface area contributed by atoms with Gasteiger partial charge in [0.05, 0.1) is 31.5 Å². The van der Waals surface area contributed by atoms with E-state index in [2.05, 4.69) is 26.8 Å². The number of carbonyl (C=O) groups is 1. The summed E-state index contributed by atoms with van der Waals surface area (Å²) in [6.07, 6.45) is -5.61. The highest BCUT2D eigenvalue weighted by Crippen LogP contribution is 2.30. The van der Waals surface area contributed by atoms with E-state index in [0.29, 0.717) is 17.1 Å². The maximum atomic E-state index is 12.5. The van der Waals surface area contributed by atoms with Crippen LogP contribution < -0.4 is 0 Å². The fourth-order valence-corrected chi connectivity index (χ4v) is 6.71. The van der Waals surface area contributed by atoms with Gasteiger partial charge in [-0.25, -0.2) is 4.79 Å². The molecule has 0 amide bonds. The summed E-state index contributed by atoms with van der Waals surface area (Å²) in [5.74, 6) is -1.49. The molecule has 1 saturated heterocycles. The van der Waals surface area contributed by atoms with Gasteiger partial charge in [0.1, 0.15) is 49.3 Å². The second kappa shape index (κ2) is 23.9. The van der Waals surface area contributed by atoms with Crippen molar-refractivity contribution in [3.63, 3.8) is 0 Å². The zero-order chi connectivity index (χ0) is 41.6. The number of aliphatic hydroxyl groups is 10. The fraction of sp³-hybridized carbons (Fsp3) is 0.775. The van der Waals surface area contributed by atoms with Crippen LogP contribution in [0.2, 0.25) is 0 Å².